The van der Waals surface area contributed by atoms with E-state index in [-0.39, 0.29) is 19.8 Å². The van der Waals surface area contributed by atoms with Gasteiger partial charge in [-0.3, -0.25) is 19.9 Å². The largest absolute Gasteiger partial charge is 2.00 e. The fraction of sp³-hybridized carbons (Fsp3) is 0.0312. The number of hydrogen-bond donors (Lipinski definition) is 1. The minimum Gasteiger partial charge on any atom is -0.414 e. The first kappa shape index (κ1) is 29.0. The van der Waals surface area contributed by atoms with E-state index in [4.69, 9.17) is 5.73 Å². The van der Waals surface area contributed by atoms with E-state index in [9.17, 15) is 0 Å². The third-order valence-electron chi connectivity index (χ3n) is 5.20. The van der Waals surface area contributed by atoms with Crippen molar-refractivity contribution in [3.63, 3.8) is 0 Å². The van der Waals surface area contributed by atoms with Crippen molar-refractivity contribution >= 4 is 5.69 Å². The number of nitrogens with zero attached hydrogens (tertiary/aromatic N) is 5. The van der Waals surface area contributed by atoms with E-state index in [0.717, 1.165) is 39.7 Å². The molecule has 5 heterocycles. The van der Waals surface area contributed by atoms with Gasteiger partial charge in [-0.15, -0.1) is 29.8 Å². The molecule has 0 spiro atoms. The van der Waals surface area contributed by atoms with Crippen LogP contribution in [0.25, 0.3) is 34.0 Å². The number of rotatable bonds is 3. The zero-order valence-corrected chi connectivity index (χ0v) is 23.9. The Bertz CT molecular complexity index is 1320. The summed E-state index contributed by atoms with van der Waals surface area (Å²) in [5, 5.41) is 0. The standard InChI is InChI=1S/C12H11N2.2C10H8N2.Os/c1-9-5-6-14-12(7-9)10-3-2-4-11(13)8-10;2*1-3-7-11-9(5-1)10-6-2-4-8-12-10;/h2,4-8H,13H2,1H3;2*1-8H;/q-1;;;+2. The second-order valence-electron chi connectivity index (χ2n) is 8.11. The van der Waals surface area contributed by atoms with Crippen LogP contribution in [0.5, 0.6) is 0 Å². The van der Waals surface area contributed by atoms with E-state index in [2.05, 4.69) is 31.0 Å². The van der Waals surface area contributed by atoms with Gasteiger partial charge in [-0.25, -0.2) is 0 Å². The molecule has 0 radical (unpaired) electrons. The van der Waals surface area contributed by atoms with Gasteiger partial charge in [-0.05, 0) is 67.2 Å². The number of aryl methyl sites for hydroxylation is 1. The monoisotopic (exact) mass is 687 g/mol. The summed E-state index contributed by atoms with van der Waals surface area (Å²) < 4.78 is 0. The zero-order valence-electron chi connectivity index (χ0n) is 21.4. The fourth-order valence-electron chi connectivity index (χ4n) is 3.37. The minimum atomic E-state index is 0. The Kier molecular flexibility index (Phi) is 11.6. The van der Waals surface area contributed by atoms with Gasteiger partial charge in [-0.1, -0.05) is 41.6 Å². The molecule has 0 amide bonds. The predicted molar refractivity (Wildman–Crippen MR) is 153 cm³/mol. The first-order valence-corrected chi connectivity index (χ1v) is 12.0. The van der Waals surface area contributed by atoms with E-state index >= 15 is 0 Å². The number of hydrogen-bond acceptors (Lipinski definition) is 6. The van der Waals surface area contributed by atoms with E-state index in [0.29, 0.717) is 0 Å². The summed E-state index contributed by atoms with van der Waals surface area (Å²) in [6.45, 7) is 2.04. The molecule has 6 aromatic rings. The summed E-state index contributed by atoms with van der Waals surface area (Å²) in [4.78, 5) is 21.0. The first-order valence-electron chi connectivity index (χ1n) is 12.0. The van der Waals surface area contributed by atoms with Crippen LogP contribution >= 0.6 is 0 Å². The quantitative estimate of drug-likeness (QED) is 0.164. The number of nitrogens with two attached hydrogens (primary N) is 1. The van der Waals surface area contributed by atoms with Crippen molar-refractivity contribution in [1.29, 1.82) is 0 Å². The van der Waals surface area contributed by atoms with Gasteiger partial charge in [0.1, 0.15) is 0 Å². The molecule has 5 aromatic heterocycles. The average molecular weight is 686 g/mol. The van der Waals surface area contributed by atoms with E-state index < -0.39 is 0 Å². The molecule has 0 aliphatic carbocycles. The minimum absolute atomic E-state index is 0. The second-order valence-corrected chi connectivity index (χ2v) is 8.11. The Morgan fingerprint density at radius 2 is 0.949 bits per heavy atom. The van der Waals surface area contributed by atoms with Crippen LogP contribution in [0.4, 0.5) is 5.69 Å². The van der Waals surface area contributed by atoms with Crippen LogP contribution in [0.2, 0.25) is 0 Å². The van der Waals surface area contributed by atoms with Crippen LogP contribution in [-0.4, -0.2) is 24.9 Å². The van der Waals surface area contributed by atoms with E-state index in [1.807, 2.05) is 110 Å². The van der Waals surface area contributed by atoms with Crippen molar-refractivity contribution in [2.24, 2.45) is 0 Å². The first-order chi connectivity index (χ1) is 18.7. The number of anilines is 1. The number of pyridine rings is 5. The molecule has 0 saturated heterocycles. The molecule has 6 rings (SSSR count). The molecule has 0 saturated carbocycles. The van der Waals surface area contributed by atoms with Crippen LogP contribution in [0, 0.1) is 13.0 Å². The Labute approximate surface area is 242 Å². The fourth-order valence-corrected chi connectivity index (χ4v) is 3.37. The summed E-state index contributed by atoms with van der Waals surface area (Å²) >= 11 is 0. The molecule has 0 aliphatic heterocycles. The van der Waals surface area contributed by atoms with Crippen molar-refractivity contribution in [2.75, 3.05) is 5.73 Å². The molecule has 0 unspecified atom stereocenters. The molecule has 39 heavy (non-hydrogen) atoms. The molecule has 0 fully saturated rings. The van der Waals surface area contributed by atoms with Crippen molar-refractivity contribution in [3.8, 4) is 34.0 Å². The Morgan fingerprint density at radius 3 is 1.31 bits per heavy atom. The third kappa shape index (κ3) is 9.34. The summed E-state index contributed by atoms with van der Waals surface area (Å²) in [7, 11) is 0. The number of nitrogen functional groups attached to an aromatic ring is 1. The molecule has 192 valence electrons. The Hall–Kier alpha value is -4.59. The summed E-state index contributed by atoms with van der Waals surface area (Å²) in [5.74, 6) is 0. The topological polar surface area (TPSA) is 90.5 Å². The maximum atomic E-state index is 5.69. The molecular formula is C32H27N6Os+. The zero-order chi connectivity index (χ0) is 26.4. The molecule has 7 heteroatoms. The van der Waals surface area contributed by atoms with Gasteiger partial charge in [0, 0.05) is 31.0 Å². The van der Waals surface area contributed by atoms with Gasteiger partial charge < -0.3 is 10.7 Å². The maximum Gasteiger partial charge on any atom is 2.00 e. The summed E-state index contributed by atoms with van der Waals surface area (Å²) in [6.07, 6.45) is 8.86. The van der Waals surface area contributed by atoms with Crippen molar-refractivity contribution in [3.05, 3.63) is 146 Å². The van der Waals surface area contributed by atoms with Crippen LogP contribution < -0.4 is 5.73 Å². The van der Waals surface area contributed by atoms with Gasteiger partial charge in [0.2, 0.25) is 0 Å². The normalized spacial score (nSPS) is 9.56. The molecular weight excluding hydrogens is 659 g/mol. The van der Waals surface area contributed by atoms with Crippen LogP contribution in [0.3, 0.4) is 0 Å². The molecule has 0 atom stereocenters. The third-order valence-corrected chi connectivity index (χ3v) is 5.20. The second kappa shape index (κ2) is 15.6. The van der Waals surface area contributed by atoms with E-state index in [1.54, 1.807) is 31.0 Å². The smallest absolute Gasteiger partial charge is 0.414 e. The van der Waals surface area contributed by atoms with Crippen LogP contribution in [0.1, 0.15) is 5.56 Å². The van der Waals surface area contributed by atoms with Crippen molar-refractivity contribution in [1.82, 2.24) is 24.9 Å². The number of aromatic nitrogens is 5. The summed E-state index contributed by atoms with van der Waals surface area (Å²) in [6, 6.07) is 35.8. The predicted octanol–water partition coefficient (Wildman–Crippen LogP) is 6.72. The van der Waals surface area contributed by atoms with Gasteiger partial charge >= 0.3 is 19.8 Å². The Balaban J connectivity index is 0.000000160. The van der Waals surface area contributed by atoms with Gasteiger partial charge in [-0.2, -0.15) is 0 Å². The molecule has 2 N–H and O–H groups in total. The average Bonchev–Trinajstić information content (AvgIpc) is 3.00. The Morgan fingerprint density at radius 1 is 0.513 bits per heavy atom. The van der Waals surface area contributed by atoms with Crippen molar-refractivity contribution < 1.29 is 19.8 Å². The van der Waals surface area contributed by atoms with Crippen LogP contribution in [-0.2, 0) is 19.8 Å². The molecule has 6 nitrogen and oxygen atoms in total. The number of benzene rings is 1. The van der Waals surface area contributed by atoms with Gasteiger partial charge in [0.25, 0.3) is 0 Å². The summed E-state index contributed by atoms with van der Waals surface area (Å²) in [5.41, 5.74) is 13.1. The maximum absolute atomic E-state index is 5.69. The van der Waals surface area contributed by atoms with Crippen molar-refractivity contribution in [2.45, 2.75) is 6.92 Å². The van der Waals surface area contributed by atoms with E-state index in [1.165, 1.54) is 5.56 Å². The molecule has 0 aliphatic rings. The molecule has 1 aromatic carbocycles. The van der Waals surface area contributed by atoms with Gasteiger partial charge in [0.05, 0.1) is 22.8 Å². The molecule has 0 bridgehead atoms. The SMILES string of the molecule is Cc1ccnc(-c2[c-]ccc(N)c2)c1.[Os+2].c1ccc(-c2ccccn2)nc1.c1ccc(-c2ccccn2)nc1. The van der Waals surface area contributed by atoms with Crippen LogP contribution in [0.15, 0.2) is 134 Å². The van der Waals surface area contributed by atoms with Gasteiger partial charge in [0.15, 0.2) is 0 Å².